The van der Waals surface area contributed by atoms with Gasteiger partial charge in [-0.25, -0.2) is 4.39 Å². The molecule has 0 nitrogen and oxygen atoms in total. The van der Waals surface area contributed by atoms with Crippen LogP contribution in [-0.4, -0.2) is 5.67 Å². The van der Waals surface area contributed by atoms with Crippen molar-refractivity contribution in [2.24, 2.45) is 0 Å². The second-order valence-electron chi connectivity index (χ2n) is 3.75. The van der Waals surface area contributed by atoms with E-state index in [1.54, 1.807) is 6.92 Å². The Morgan fingerprint density at radius 3 is 2.38 bits per heavy atom. The molecule has 0 heterocycles. The van der Waals surface area contributed by atoms with E-state index in [1.807, 2.05) is 37.3 Å². The molecule has 0 fully saturated rings. The van der Waals surface area contributed by atoms with Crippen LogP contribution in [-0.2, 0) is 6.42 Å². The number of rotatable bonds is 4. The monoisotopic (exact) mass is 180 g/mol. The average Bonchev–Trinajstić information content (AvgIpc) is 2.17. The van der Waals surface area contributed by atoms with E-state index in [2.05, 4.69) is 0 Å². The van der Waals surface area contributed by atoms with E-state index in [-0.39, 0.29) is 0 Å². The third-order valence-electron chi connectivity index (χ3n) is 2.51. The molecule has 0 aliphatic heterocycles. The van der Waals surface area contributed by atoms with Crippen molar-refractivity contribution in [3.63, 3.8) is 0 Å². The average molecular weight is 180 g/mol. The molecule has 0 bridgehead atoms. The zero-order valence-corrected chi connectivity index (χ0v) is 8.39. The first-order chi connectivity index (χ1) is 6.14. The molecule has 72 valence electrons. The SMILES string of the molecule is CCC(C)(F)CCc1ccccc1. The summed E-state index contributed by atoms with van der Waals surface area (Å²) < 4.78 is 13.5. The first-order valence-corrected chi connectivity index (χ1v) is 4.87. The van der Waals surface area contributed by atoms with Crippen molar-refractivity contribution in [2.45, 2.75) is 38.8 Å². The highest BCUT2D eigenvalue weighted by atomic mass is 19.1. The predicted molar refractivity (Wildman–Crippen MR) is 54.6 cm³/mol. The molecule has 0 saturated carbocycles. The molecule has 1 heteroatoms. The molecule has 0 spiro atoms. The second kappa shape index (κ2) is 4.40. The molecule has 13 heavy (non-hydrogen) atoms. The zero-order chi connectivity index (χ0) is 9.73. The smallest absolute Gasteiger partial charge is 0.108 e. The maximum Gasteiger partial charge on any atom is 0.108 e. The summed E-state index contributed by atoms with van der Waals surface area (Å²) >= 11 is 0. The van der Waals surface area contributed by atoms with E-state index >= 15 is 0 Å². The van der Waals surface area contributed by atoms with Gasteiger partial charge in [0.25, 0.3) is 0 Å². The molecular weight excluding hydrogens is 163 g/mol. The number of aryl methyl sites for hydroxylation is 1. The van der Waals surface area contributed by atoms with Crippen molar-refractivity contribution in [1.82, 2.24) is 0 Å². The predicted octanol–water partition coefficient (Wildman–Crippen LogP) is 3.76. The molecule has 0 radical (unpaired) electrons. The minimum absolute atomic E-state index is 0.597. The number of hydrogen-bond acceptors (Lipinski definition) is 0. The van der Waals surface area contributed by atoms with Gasteiger partial charge in [0, 0.05) is 0 Å². The normalized spacial score (nSPS) is 15.3. The van der Waals surface area contributed by atoms with Gasteiger partial charge in [-0.15, -0.1) is 0 Å². The molecule has 0 saturated heterocycles. The van der Waals surface area contributed by atoms with Gasteiger partial charge in [0.2, 0.25) is 0 Å². The summed E-state index contributed by atoms with van der Waals surface area (Å²) in [5.41, 5.74) is 0.218. The molecule has 0 N–H and O–H groups in total. The van der Waals surface area contributed by atoms with Gasteiger partial charge in [0.15, 0.2) is 0 Å². The lowest BCUT2D eigenvalue weighted by molar-refractivity contribution is 0.169. The summed E-state index contributed by atoms with van der Waals surface area (Å²) in [6.07, 6.45) is 2.05. The van der Waals surface area contributed by atoms with Gasteiger partial charge in [-0.05, 0) is 31.7 Å². The first kappa shape index (κ1) is 10.2. The van der Waals surface area contributed by atoms with E-state index in [9.17, 15) is 4.39 Å². The van der Waals surface area contributed by atoms with Crippen LogP contribution in [0.1, 0.15) is 32.3 Å². The third-order valence-corrected chi connectivity index (χ3v) is 2.51. The standard InChI is InChI=1S/C12H17F/c1-3-12(2,13)10-9-11-7-5-4-6-8-11/h4-8H,3,9-10H2,1-2H3. The van der Waals surface area contributed by atoms with Crippen LogP contribution in [0, 0.1) is 0 Å². The molecule has 0 aliphatic carbocycles. The van der Waals surface area contributed by atoms with Gasteiger partial charge < -0.3 is 0 Å². The number of halogens is 1. The van der Waals surface area contributed by atoms with Crippen molar-refractivity contribution >= 4 is 0 Å². The van der Waals surface area contributed by atoms with Crippen molar-refractivity contribution in [1.29, 1.82) is 0 Å². The first-order valence-electron chi connectivity index (χ1n) is 4.87. The lowest BCUT2D eigenvalue weighted by atomic mass is 9.96. The molecule has 0 aromatic heterocycles. The molecule has 1 aromatic rings. The summed E-state index contributed by atoms with van der Waals surface area (Å²) in [4.78, 5) is 0. The number of hydrogen-bond donors (Lipinski definition) is 0. The number of benzene rings is 1. The van der Waals surface area contributed by atoms with Crippen LogP contribution < -0.4 is 0 Å². The Balaban J connectivity index is 2.44. The summed E-state index contributed by atoms with van der Waals surface area (Å²) in [6.45, 7) is 3.57. The quantitative estimate of drug-likeness (QED) is 0.662. The summed E-state index contributed by atoms with van der Waals surface area (Å²) in [5.74, 6) is 0. The maximum absolute atomic E-state index is 13.5. The Hall–Kier alpha value is -0.850. The molecule has 0 amide bonds. The largest absolute Gasteiger partial charge is 0.244 e. The Bertz CT molecular complexity index is 239. The Morgan fingerprint density at radius 2 is 1.85 bits per heavy atom. The van der Waals surface area contributed by atoms with Crippen molar-refractivity contribution in [3.05, 3.63) is 35.9 Å². The van der Waals surface area contributed by atoms with E-state index in [4.69, 9.17) is 0 Å². The molecule has 1 unspecified atom stereocenters. The zero-order valence-electron chi connectivity index (χ0n) is 8.39. The molecule has 1 aromatic carbocycles. The summed E-state index contributed by atoms with van der Waals surface area (Å²) in [7, 11) is 0. The second-order valence-corrected chi connectivity index (χ2v) is 3.75. The molecule has 1 atom stereocenters. The summed E-state index contributed by atoms with van der Waals surface area (Å²) in [5, 5.41) is 0. The van der Waals surface area contributed by atoms with Crippen LogP contribution in [0.15, 0.2) is 30.3 Å². The fourth-order valence-corrected chi connectivity index (χ4v) is 1.23. The van der Waals surface area contributed by atoms with Gasteiger partial charge in [0.1, 0.15) is 5.67 Å². The van der Waals surface area contributed by atoms with Crippen LogP contribution in [0.4, 0.5) is 4.39 Å². The molecule has 0 aliphatic rings. The topological polar surface area (TPSA) is 0 Å². The highest BCUT2D eigenvalue weighted by molar-refractivity contribution is 5.14. The van der Waals surface area contributed by atoms with E-state index in [0.29, 0.717) is 12.8 Å². The van der Waals surface area contributed by atoms with Crippen LogP contribution in [0.25, 0.3) is 0 Å². The Kier molecular flexibility index (Phi) is 3.47. The summed E-state index contributed by atoms with van der Waals surface area (Å²) in [6, 6.07) is 10.1. The van der Waals surface area contributed by atoms with Crippen LogP contribution in [0.2, 0.25) is 0 Å². The van der Waals surface area contributed by atoms with Gasteiger partial charge in [-0.2, -0.15) is 0 Å². The highest BCUT2D eigenvalue weighted by Crippen LogP contribution is 2.21. The lowest BCUT2D eigenvalue weighted by Crippen LogP contribution is -2.16. The highest BCUT2D eigenvalue weighted by Gasteiger charge is 2.19. The lowest BCUT2D eigenvalue weighted by Gasteiger charge is -2.17. The van der Waals surface area contributed by atoms with Gasteiger partial charge in [-0.1, -0.05) is 37.3 Å². The molecular formula is C12H17F. The van der Waals surface area contributed by atoms with Crippen molar-refractivity contribution in [2.75, 3.05) is 0 Å². The minimum atomic E-state index is -1.00. The van der Waals surface area contributed by atoms with Crippen molar-refractivity contribution in [3.8, 4) is 0 Å². The van der Waals surface area contributed by atoms with Crippen molar-refractivity contribution < 1.29 is 4.39 Å². The van der Waals surface area contributed by atoms with Crippen LogP contribution in [0.5, 0.6) is 0 Å². The van der Waals surface area contributed by atoms with E-state index in [0.717, 1.165) is 6.42 Å². The van der Waals surface area contributed by atoms with E-state index < -0.39 is 5.67 Å². The minimum Gasteiger partial charge on any atom is -0.244 e. The molecule has 1 rings (SSSR count). The third kappa shape index (κ3) is 3.58. The maximum atomic E-state index is 13.5. The van der Waals surface area contributed by atoms with Crippen LogP contribution >= 0.6 is 0 Å². The fraction of sp³-hybridized carbons (Fsp3) is 0.500. The number of alkyl halides is 1. The van der Waals surface area contributed by atoms with Crippen LogP contribution in [0.3, 0.4) is 0 Å². The Labute approximate surface area is 79.8 Å². The fourth-order valence-electron chi connectivity index (χ4n) is 1.23. The van der Waals surface area contributed by atoms with E-state index in [1.165, 1.54) is 5.56 Å². The Morgan fingerprint density at radius 1 is 1.23 bits per heavy atom. The van der Waals surface area contributed by atoms with Gasteiger partial charge in [0.05, 0.1) is 0 Å². The van der Waals surface area contributed by atoms with Gasteiger partial charge >= 0.3 is 0 Å². The van der Waals surface area contributed by atoms with Gasteiger partial charge in [-0.3, -0.25) is 0 Å².